The van der Waals surface area contributed by atoms with Crippen LogP contribution in [0, 0.1) is 13.8 Å². The highest BCUT2D eigenvalue weighted by Crippen LogP contribution is 2.29. The molecule has 4 rings (SSSR count). The summed E-state index contributed by atoms with van der Waals surface area (Å²) in [4.78, 5) is 4.79. The fraction of sp³-hybridized carbons (Fsp3) is 0.115. The van der Waals surface area contributed by atoms with Gasteiger partial charge >= 0.3 is 0 Å². The number of nitrogens with zero attached hydrogens (tertiary/aromatic N) is 1. The molecule has 0 bridgehead atoms. The van der Waals surface area contributed by atoms with Crippen molar-refractivity contribution in [2.75, 3.05) is 0 Å². The van der Waals surface area contributed by atoms with Crippen LogP contribution in [0.3, 0.4) is 0 Å². The standard InChI is InChI=1S/C26H22ClNO/c1-18-8-7-13-25(19(18)2)28-16-23-22-11-5-3-9-20(22)14-15-26(23)29-17-21-10-4-6-12-24(21)27/h3-16H,17H2,1-2H3. The molecule has 144 valence electrons. The molecule has 0 saturated carbocycles. The molecule has 2 nitrogen and oxygen atoms in total. The van der Waals surface area contributed by atoms with Gasteiger partial charge in [0.1, 0.15) is 12.4 Å². The fourth-order valence-electron chi connectivity index (χ4n) is 3.32. The molecule has 0 amide bonds. The summed E-state index contributed by atoms with van der Waals surface area (Å²) in [5.74, 6) is 0.790. The zero-order chi connectivity index (χ0) is 20.2. The van der Waals surface area contributed by atoms with Crippen molar-refractivity contribution in [3.8, 4) is 5.75 Å². The van der Waals surface area contributed by atoms with Gasteiger partial charge in [0.25, 0.3) is 0 Å². The van der Waals surface area contributed by atoms with E-state index in [-0.39, 0.29) is 0 Å². The molecule has 0 aliphatic rings. The molecule has 0 N–H and O–H groups in total. The first-order valence-corrected chi connectivity index (χ1v) is 9.99. The lowest BCUT2D eigenvalue weighted by Gasteiger charge is -2.13. The van der Waals surface area contributed by atoms with Gasteiger partial charge in [0.15, 0.2) is 0 Å². The van der Waals surface area contributed by atoms with Gasteiger partial charge in [-0.3, -0.25) is 4.99 Å². The number of aryl methyl sites for hydroxylation is 1. The molecular formula is C26H22ClNO. The van der Waals surface area contributed by atoms with E-state index in [1.165, 1.54) is 11.1 Å². The van der Waals surface area contributed by atoms with Crippen LogP contribution in [0.15, 0.2) is 83.9 Å². The van der Waals surface area contributed by atoms with Crippen LogP contribution in [0.5, 0.6) is 5.75 Å². The van der Waals surface area contributed by atoms with Gasteiger partial charge in [0.05, 0.1) is 5.69 Å². The second-order valence-electron chi connectivity index (χ2n) is 7.06. The maximum absolute atomic E-state index is 6.29. The van der Waals surface area contributed by atoms with Gasteiger partial charge in [-0.1, -0.05) is 72.3 Å². The molecule has 0 aliphatic carbocycles. The zero-order valence-electron chi connectivity index (χ0n) is 16.5. The summed E-state index contributed by atoms with van der Waals surface area (Å²) in [6.45, 7) is 4.60. The summed E-state index contributed by atoms with van der Waals surface area (Å²) in [7, 11) is 0. The molecule has 0 unspecified atom stereocenters. The Morgan fingerprint density at radius 1 is 0.862 bits per heavy atom. The molecule has 0 aliphatic heterocycles. The molecule has 0 atom stereocenters. The minimum absolute atomic E-state index is 0.405. The number of fused-ring (bicyclic) bond motifs is 1. The number of benzene rings is 4. The van der Waals surface area contributed by atoms with Crippen molar-refractivity contribution >= 4 is 34.3 Å². The summed E-state index contributed by atoms with van der Waals surface area (Å²) >= 11 is 6.29. The van der Waals surface area contributed by atoms with Crippen LogP contribution < -0.4 is 4.74 Å². The van der Waals surface area contributed by atoms with Gasteiger partial charge in [0.2, 0.25) is 0 Å². The quantitative estimate of drug-likeness (QED) is 0.319. The van der Waals surface area contributed by atoms with Crippen molar-refractivity contribution in [1.82, 2.24) is 0 Å². The van der Waals surface area contributed by atoms with Crippen LogP contribution in [-0.2, 0) is 6.61 Å². The van der Waals surface area contributed by atoms with Crippen LogP contribution in [0.4, 0.5) is 5.69 Å². The lowest BCUT2D eigenvalue weighted by molar-refractivity contribution is 0.306. The van der Waals surface area contributed by atoms with Gasteiger partial charge in [-0.25, -0.2) is 0 Å². The minimum Gasteiger partial charge on any atom is -0.488 e. The van der Waals surface area contributed by atoms with E-state index in [0.29, 0.717) is 11.6 Å². The number of aliphatic imine (C=N–C) groups is 1. The summed E-state index contributed by atoms with van der Waals surface area (Å²) in [6, 6.07) is 26.3. The van der Waals surface area contributed by atoms with Crippen molar-refractivity contribution in [3.05, 3.63) is 106 Å². The molecule has 0 radical (unpaired) electrons. The number of hydrogen-bond acceptors (Lipinski definition) is 2. The Balaban J connectivity index is 1.74. The Kier molecular flexibility index (Phi) is 5.64. The maximum Gasteiger partial charge on any atom is 0.129 e. The number of halogens is 1. The maximum atomic E-state index is 6.29. The van der Waals surface area contributed by atoms with Crippen LogP contribution in [0.2, 0.25) is 5.02 Å². The lowest BCUT2D eigenvalue weighted by atomic mass is 10.0. The van der Waals surface area contributed by atoms with E-state index >= 15 is 0 Å². The average molecular weight is 400 g/mol. The molecule has 0 heterocycles. The van der Waals surface area contributed by atoms with Crippen molar-refractivity contribution < 1.29 is 4.74 Å². The third-order valence-corrected chi connectivity index (χ3v) is 5.55. The molecule has 3 heteroatoms. The molecule has 29 heavy (non-hydrogen) atoms. The van der Waals surface area contributed by atoms with E-state index in [1.54, 1.807) is 0 Å². The van der Waals surface area contributed by atoms with Crippen molar-refractivity contribution in [3.63, 3.8) is 0 Å². The Labute approximate surface area is 176 Å². The molecule has 4 aromatic carbocycles. The fourth-order valence-corrected chi connectivity index (χ4v) is 3.51. The zero-order valence-corrected chi connectivity index (χ0v) is 17.3. The second kappa shape index (κ2) is 8.50. The van der Waals surface area contributed by atoms with Crippen molar-refractivity contribution in [2.24, 2.45) is 4.99 Å². The molecular weight excluding hydrogens is 378 g/mol. The first-order chi connectivity index (χ1) is 14.1. The Hall–Kier alpha value is -3.10. The molecule has 0 aromatic heterocycles. The number of ether oxygens (including phenoxy) is 1. The summed E-state index contributed by atoms with van der Waals surface area (Å²) in [6.07, 6.45) is 1.91. The third-order valence-electron chi connectivity index (χ3n) is 5.18. The molecule has 4 aromatic rings. The van der Waals surface area contributed by atoms with Gasteiger partial charge < -0.3 is 4.74 Å². The first-order valence-electron chi connectivity index (χ1n) is 9.62. The largest absolute Gasteiger partial charge is 0.488 e. The van der Waals surface area contributed by atoms with E-state index in [4.69, 9.17) is 21.3 Å². The number of hydrogen-bond donors (Lipinski definition) is 0. The van der Waals surface area contributed by atoms with E-state index < -0.39 is 0 Å². The van der Waals surface area contributed by atoms with Crippen LogP contribution in [-0.4, -0.2) is 6.21 Å². The monoisotopic (exact) mass is 399 g/mol. The summed E-state index contributed by atoms with van der Waals surface area (Å²) in [5, 5.41) is 2.97. The second-order valence-corrected chi connectivity index (χ2v) is 7.46. The molecule has 0 spiro atoms. The van der Waals surface area contributed by atoms with Crippen LogP contribution in [0.1, 0.15) is 22.3 Å². The highest BCUT2D eigenvalue weighted by atomic mass is 35.5. The van der Waals surface area contributed by atoms with E-state index in [0.717, 1.165) is 33.3 Å². The van der Waals surface area contributed by atoms with Gasteiger partial charge in [-0.05, 0) is 53.9 Å². The summed E-state index contributed by atoms with van der Waals surface area (Å²) < 4.78 is 6.18. The number of rotatable bonds is 5. The Morgan fingerprint density at radius 2 is 1.66 bits per heavy atom. The van der Waals surface area contributed by atoms with Crippen LogP contribution >= 0.6 is 11.6 Å². The Bertz CT molecular complexity index is 1200. The van der Waals surface area contributed by atoms with Gasteiger partial charge in [-0.15, -0.1) is 0 Å². The summed E-state index contributed by atoms with van der Waals surface area (Å²) in [5.41, 5.74) is 5.31. The normalized spacial score (nSPS) is 11.3. The predicted molar refractivity (Wildman–Crippen MR) is 123 cm³/mol. The molecule has 0 fully saturated rings. The van der Waals surface area contributed by atoms with E-state index in [9.17, 15) is 0 Å². The van der Waals surface area contributed by atoms with Crippen molar-refractivity contribution in [1.29, 1.82) is 0 Å². The van der Waals surface area contributed by atoms with Crippen molar-refractivity contribution in [2.45, 2.75) is 20.5 Å². The highest BCUT2D eigenvalue weighted by Gasteiger charge is 2.09. The van der Waals surface area contributed by atoms with E-state index in [2.05, 4.69) is 38.1 Å². The lowest BCUT2D eigenvalue weighted by Crippen LogP contribution is -2.00. The first kappa shape index (κ1) is 19.2. The highest BCUT2D eigenvalue weighted by molar-refractivity contribution is 6.31. The van der Waals surface area contributed by atoms with Gasteiger partial charge in [-0.2, -0.15) is 0 Å². The SMILES string of the molecule is Cc1cccc(N=Cc2c(OCc3ccccc3Cl)ccc3ccccc23)c1C. The Morgan fingerprint density at radius 3 is 2.52 bits per heavy atom. The molecule has 0 saturated heterocycles. The predicted octanol–water partition coefficient (Wildman–Crippen LogP) is 7.44. The average Bonchev–Trinajstić information content (AvgIpc) is 2.74. The third kappa shape index (κ3) is 4.18. The van der Waals surface area contributed by atoms with E-state index in [1.807, 2.05) is 60.8 Å². The smallest absolute Gasteiger partial charge is 0.129 e. The topological polar surface area (TPSA) is 21.6 Å². The van der Waals surface area contributed by atoms with Crippen LogP contribution in [0.25, 0.3) is 10.8 Å². The van der Waals surface area contributed by atoms with Gasteiger partial charge in [0, 0.05) is 22.4 Å². The minimum atomic E-state index is 0.405.